The summed E-state index contributed by atoms with van der Waals surface area (Å²) in [6, 6.07) is 33.6. The molecule has 694 valence electrons. The molecule has 0 unspecified atom stereocenters. The van der Waals surface area contributed by atoms with Gasteiger partial charge in [0.2, 0.25) is 5.95 Å². The number of nitrogens with zero attached hydrogens (tertiary/aromatic N) is 18. The number of benzene rings is 4. The molecule has 9 aliphatic carbocycles. The number of anilines is 5. The highest BCUT2D eigenvalue weighted by molar-refractivity contribution is 7.98. The second-order valence-corrected chi connectivity index (χ2v) is 39.3. The molecule has 4 aromatic carbocycles. The lowest BCUT2D eigenvalue weighted by atomic mass is 9.89. The zero-order valence-electron chi connectivity index (χ0n) is 77.3. The average Bonchev–Trinajstić information content (AvgIpc) is 1.60. The minimum Gasteiger partial charge on any atom is -0.379 e. The minimum atomic E-state index is 0.450. The van der Waals surface area contributed by atoms with Crippen LogP contribution in [0.15, 0.2) is 159 Å². The van der Waals surface area contributed by atoms with Crippen molar-refractivity contribution < 1.29 is 18.9 Å². The molecule has 134 heavy (non-hydrogen) atoms. The van der Waals surface area contributed by atoms with E-state index in [1.54, 1.807) is 37.1 Å². The first-order chi connectivity index (χ1) is 66.2. The fraction of sp³-hybridized carbons (Fsp3) is 0.476. The molecule has 0 atom stereocenters. The number of nitrogens with one attached hydrogen (secondary N) is 6. The number of hydrogen-bond donors (Lipinski definition) is 6. The topological polar surface area (TPSA) is 298 Å². The van der Waals surface area contributed by atoms with Crippen LogP contribution < -0.4 is 26.6 Å². The standard InChI is InChI=1S/C28H34N6O.C26H31N7O.C26H30N6OS.C25H29N5O/c1-2-19(1)16-34-17-22(15-31-34)20-3-4-21-14-26-27(25(21)13-20)28(30-18-29-26)32-23-5-7-24(8-6-23)33-9-11-35-12-10-33;1-27-26-28-14-19(15-29-26)17-2-3-18-13-23-24(22(18)12-17)25(31-16-30-23)32-20-4-6-21(7-5-20)33-8-10-34-11-9-33;1-34-26-27-14-19(15-28-26)17-2-3-18-13-23-24(22(18)12-17)25(30-16-29-23)31-20-4-6-21(7-5-20)32-8-10-33-11-9-32;1-2-18-14-23-24(22(18)13-17(1)19-7-8-26-15-19)25(28-16-27-23)29-20-3-5-21(6-4-20)30-9-11-31-12-10-30/h3-4,13,15,17-19,23-24H,1-2,5-12,14,16H2,(H,29,30,32);2-3,12,14-16,20-21H,4-11,13H2,1H3,(H,27,28,29)(H,30,31,32);2-3,12,14-16,20-21H,4-11,13H2,1H3,(H,29,30,31);1-2,7-8,13,15-16,20-21,26H,3-6,9-12,14H2,(H,27,28,29). The van der Waals surface area contributed by atoms with Gasteiger partial charge in [-0.2, -0.15) is 5.10 Å². The lowest BCUT2D eigenvalue weighted by Crippen LogP contribution is -2.46. The smallest absolute Gasteiger partial charge is 0.222 e. The van der Waals surface area contributed by atoms with Gasteiger partial charge in [0.1, 0.15) is 48.6 Å². The molecule has 29 heteroatoms. The van der Waals surface area contributed by atoms with Crippen LogP contribution in [0.2, 0.25) is 0 Å². The highest BCUT2D eigenvalue weighted by Gasteiger charge is 2.37. The number of thioether (sulfide) groups is 1. The molecule has 9 fully saturated rings. The first kappa shape index (κ1) is 88.2. The Bertz CT molecular complexity index is 5840. The van der Waals surface area contributed by atoms with Crippen LogP contribution in [0, 0.1) is 5.92 Å². The van der Waals surface area contributed by atoms with Gasteiger partial charge in [0.05, 0.1) is 81.8 Å². The van der Waals surface area contributed by atoms with Crippen LogP contribution in [0.3, 0.4) is 0 Å². The number of fused-ring (bicyclic) bond motifs is 12. The summed E-state index contributed by atoms with van der Waals surface area (Å²) in [5, 5.41) is 23.6. The van der Waals surface area contributed by atoms with E-state index in [2.05, 4.69) is 191 Å². The molecule has 0 bridgehead atoms. The predicted molar refractivity (Wildman–Crippen MR) is 526 cm³/mol. The Hall–Kier alpha value is -11.1. The summed E-state index contributed by atoms with van der Waals surface area (Å²) in [5.74, 6) is 5.40. The van der Waals surface area contributed by atoms with Gasteiger partial charge in [-0.05, 0) is 230 Å². The van der Waals surface area contributed by atoms with Gasteiger partial charge in [-0.25, -0.2) is 59.8 Å². The van der Waals surface area contributed by atoms with Crippen molar-refractivity contribution in [2.75, 3.05) is 145 Å². The Morgan fingerprint density at radius 3 is 0.970 bits per heavy atom. The third-order valence-electron chi connectivity index (χ3n) is 30.4. The summed E-state index contributed by atoms with van der Waals surface area (Å²) in [6.07, 6.45) is 50.2. The van der Waals surface area contributed by atoms with Gasteiger partial charge in [0, 0.05) is 222 Å². The molecule has 12 heterocycles. The Balaban J connectivity index is 0.000000104. The largest absolute Gasteiger partial charge is 0.379 e. The fourth-order valence-electron chi connectivity index (χ4n) is 22.8. The van der Waals surface area contributed by atoms with Crippen molar-refractivity contribution in [1.82, 2.24) is 94.2 Å². The molecular formula is C105H124N24O4S. The molecule has 0 radical (unpaired) electrons. The van der Waals surface area contributed by atoms with E-state index < -0.39 is 0 Å². The predicted octanol–water partition coefficient (Wildman–Crippen LogP) is 16.4. The highest BCUT2D eigenvalue weighted by Crippen LogP contribution is 2.48. The summed E-state index contributed by atoms with van der Waals surface area (Å²) < 4.78 is 24.2. The normalized spacial score (nSPS) is 23.0. The molecule has 13 aliphatic rings. The zero-order chi connectivity index (χ0) is 89.6. The van der Waals surface area contributed by atoms with Crippen molar-refractivity contribution in [3.8, 4) is 89.0 Å². The summed E-state index contributed by atoms with van der Waals surface area (Å²) in [6.45, 7) is 16.7. The SMILES string of the molecule is CNc1ncc(-c2ccc3c(c2)-c2c(ncnc2NC2CCC(N4CCOCC4)CC2)C3)cn1.CSc1ncc(-c2ccc3c(c2)-c2c(ncnc2NC2CCC(N4CCOCC4)CC2)C3)cn1.c1nc2c(c(NC3CCC(N4CCOCC4)CC3)n1)-c1cc(-c3cc[nH]c3)ccc1C2.c1nc2c(c(NC3CCC(N4CCOCC4)CC3)n1)-c1cc(-c3cnn(CC4CC4)c3)ccc1C2. The molecule has 4 saturated heterocycles. The van der Waals surface area contributed by atoms with Gasteiger partial charge in [0.15, 0.2) is 5.16 Å². The van der Waals surface area contributed by atoms with E-state index >= 15 is 0 Å². The Morgan fingerprint density at radius 1 is 0.343 bits per heavy atom. The van der Waals surface area contributed by atoms with Gasteiger partial charge >= 0.3 is 0 Å². The Kier molecular flexibility index (Phi) is 26.9. The molecule has 6 N–H and O–H groups in total. The third kappa shape index (κ3) is 19.8. The maximum atomic E-state index is 5.54. The van der Waals surface area contributed by atoms with Crippen LogP contribution in [0.25, 0.3) is 89.0 Å². The average molecular weight is 1820 g/mol. The van der Waals surface area contributed by atoms with Gasteiger partial charge in [0.25, 0.3) is 0 Å². The number of morpholine rings is 4. The minimum absolute atomic E-state index is 0.450. The lowest BCUT2D eigenvalue weighted by Gasteiger charge is -2.39. The summed E-state index contributed by atoms with van der Waals surface area (Å²) in [4.78, 5) is 68.7. The van der Waals surface area contributed by atoms with E-state index in [1.165, 1.54) is 193 Å². The number of rotatable bonds is 20. The first-order valence-corrected chi connectivity index (χ1v) is 50.7. The molecule has 28 nitrogen and oxygen atoms in total. The third-order valence-corrected chi connectivity index (χ3v) is 31.0. The molecule has 25 rings (SSSR count). The second-order valence-electron chi connectivity index (χ2n) is 38.6. The van der Waals surface area contributed by atoms with E-state index in [-0.39, 0.29) is 0 Å². The van der Waals surface area contributed by atoms with Crippen LogP contribution in [0.4, 0.5) is 29.2 Å². The number of hydrogen-bond acceptors (Lipinski definition) is 27. The van der Waals surface area contributed by atoms with Crippen LogP contribution in [0.1, 0.15) is 161 Å². The van der Waals surface area contributed by atoms with Crippen molar-refractivity contribution >= 4 is 41.0 Å². The molecule has 5 saturated carbocycles. The second kappa shape index (κ2) is 40.8. The van der Waals surface area contributed by atoms with E-state index in [1.807, 2.05) is 56.7 Å². The number of aromatic nitrogens is 15. The Labute approximate surface area is 789 Å². The number of ether oxygens (including phenoxy) is 4. The highest BCUT2D eigenvalue weighted by atomic mass is 32.2. The van der Waals surface area contributed by atoms with Crippen LogP contribution in [0.5, 0.6) is 0 Å². The maximum Gasteiger partial charge on any atom is 0.222 e. The van der Waals surface area contributed by atoms with Gasteiger partial charge in [-0.15, -0.1) is 0 Å². The number of H-pyrrole nitrogens is 1. The van der Waals surface area contributed by atoms with Crippen molar-refractivity contribution in [3.05, 3.63) is 199 Å². The van der Waals surface area contributed by atoms with Crippen LogP contribution in [-0.2, 0) is 51.2 Å². The van der Waals surface area contributed by atoms with E-state index in [9.17, 15) is 0 Å². The van der Waals surface area contributed by atoms with Crippen molar-refractivity contribution in [3.63, 3.8) is 0 Å². The van der Waals surface area contributed by atoms with E-state index in [0.717, 1.165) is 228 Å². The monoisotopic (exact) mass is 1820 g/mol. The molecule has 4 aliphatic heterocycles. The van der Waals surface area contributed by atoms with Crippen molar-refractivity contribution in [2.45, 2.75) is 201 Å². The summed E-state index contributed by atoms with van der Waals surface area (Å²) in [7, 11) is 1.82. The van der Waals surface area contributed by atoms with Crippen LogP contribution in [-0.4, -0.2) is 261 Å². The lowest BCUT2D eigenvalue weighted by molar-refractivity contribution is 0.00788. The van der Waals surface area contributed by atoms with Crippen LogP contribution >= 0.6 is 11.8 Å². The first-order valence-electron chi connectivity index (χ1n) is 49.5. The van der Waals surface area contributed by atoms with Gasteiger partial charge < -0.3 is 50.5 Å². The van der Waals surface area contributed by atoms with Gasteiger partial charge in [-0.3, -0.25) is 24.3 Å². The zero-order valence-corrected chi connectivity index (χ0v) is 78.1. The maximum absolute atomic E-state index is 5.54. The number of aromatic amines is 1. The summed E-state index contributed by atoms with van der Waals surface area (Å²) >= 11 is 1.55. The van der Waals surface area contributed by atoms with Crippen molar-refractivity contribution in [1.29, 1.82) is 0 Å². The van der Waals surface area contributed by atoms with E-state index in [0.29, 0.717) is 54.3 Å². The molecule has 0 amide bonds. The molecular weight excluding hydrogens is 1690 g/mol. The van der Waals surface area contributed by atoms with E-state index in [4.69, 9.17) is 33.9 Å². The van der Waals surface area contributed by atoms with Crippen molar-refractivity contribution in [2.24, 2.45) is 5.92 Å². The molecule has 0 spiro atoms. The quantitative estimate of drug-likeness (QED) is 0.0305. The molecule has 8 aromatic heterocycles. The Morgan fingerprint density at radius 2 is 0.664 bits per heavy atom. The molecule has 12 aromatic rings. The van der Waals surface area contributed by atoms with Gasteiger partial charge in [-0.1, -0.05) is 60.3 Å². The fourth-order valence-corrected chi connectivity index (χ4v) is 23.1. The summed E-state index contributed by atoms with van der Waals surface area (Å²) in [5.41, 5.74) is 28.6.